The molecule has 0 aliphatic carbocycles. The molecule has 1 saturated heterocycles. The summed E-state index contributed by atoms with van der Waals surface area (Å²) < 4.78 is 5.61. The van der Waals surface area contributed by atoms with Crippen molar-refractivity contribution in [3.63, 3.8) is 0 Å². The molecule has 0 saturated carbocycles. The molecule has 0 spiro atoms. The Morgan fingerprint density at radius 2 is 1.95 bits per heavy atom. The van der Waals surface area contributed by atoms with Crippen LogP contribution in [-0.2, 0) is 9.53 Å². The van der Waals surface area contributed by atoms with E-state index < -0.39 is 0 Å². The van der Waals surface area contributed by atoms with Gasteiger partial charge in [0.05, 0.1) is 17.9 Å². The molecule has 1 amide bonds. The number of amides is 1. The van der Waals surface area contributed by atoms with Gasteiger partial charge in [-0.25, -0.2) is 0 Å². The first-order valence-electron chi connectivity index (χ1n) is 6.75. The number of hydrogen-bond acceptors (Lipinski definition) is 4. The maximum Gasteiger partial charge on any atom is 0.243 e. The van der Waals surface area contributed by atoms with E-state index in [2.05, 4.69) is 6.19 Å². The fourth-order valence-corrected chi connectivity index (χ4v) is 2.41. The van der Waals surface area contributed by atoms with Crippen molar-refractivity contribution >= 4 is 11.6 Å². The third-order valence-corrected chi connectivity index (χ3v) is 3.25. The smallest absolute Gasteiger partial charge is 0.243 e. The van der Waals surface area contributed by atoms with Gasteiger partial charge in [0, 0.05) is 13.1 Å². The zero-order valence-corrected chi connectivity index (χ0v) is 11.8. The maximum absolute atomic E-state index is 12.3. The highest BCUT2D eigenvalue weighted by Crippen LogP contribution is 2.14. The molecule has 2 rings (SSSR count). The average Bonchev–Trinajstić information content (AvgIpc) is 2.44. The lowest BCUT2D eigenvalue weighted by atomic mass is 10.2. The van der Waals surface area contributed by atoms with Gasteiger partial charge >= 0.3 is 0 Å². The Bertz CT molecular complexity index is 488. The quantitative estimate of drug-likeness (QED) is 0.620. The Morgan fingerprint density at radius 3 is 2.50 bits per heavy atom. The van der Waals surface area contributed by atoms with Crippen molar-refractivity contribution in [1.29, 1.82) is 5.26 Å². The average molecular weight is 273 g/mol. The molecule has 5 heteroatoms. The Labute approximate surface area is 119 Å². The Kier molecular flexibility index (Phi) is 4.59. The van der Waals surface area contributed by atoms with E-state index in [1.807, 2.05) is 44.2 Å². The first-order valence-corrected chi connectivity index (χ1v) is 6.75. The molecule has 0 radical (unpaired) electrons. The lowest BCUT2D eigenvalue weighted by molar-refractivity contribution is -0.141. The first-order chi connectivity index (χ1) is 9.60. The standard InChI is InChI=1S/C15H19N3O2/c1-12-8-17(9-13(2)20-12)15(19)10-18(11-16)14-6-4-3-5-7-14/h3-7,12-13H,8-10H2,1-2H3. The molecule has 0 N–H and O–H groups in total. The van der Waals surface area contributed by atoms with Crippen LogP contribution in [0.25, 0.3) is 0 Å². The van der Waals surface area contributed by atoms with Crippen molar-refractivity contribution in [3.05, 3.63) is 30.3 Å². The minimum absolute atomic E-state index is 0.0370. The van der Waals surface area contributed by atoms with Gasteiger partial charge in [0.15, 0.2) is 6.19 Å². The van der Waals surface area contributed by atoms with Crippen LogP contribution in [-0.4, -0.2) is 42.6 Å². The fraction of sp³-hybridized carbons (Fsp3) is 0.467. The van der Waals surface area contributed by atoms with Crippen LogP contribution < -0.4 is 4.90 Å². The lowest BCUT2D eigenvalue weighted by Crippen LogP contribution is -2.50. The van der Waals surface area contributed by atoms with Crippen LogP contribution in [0.2, 0.25) is 0 Å². The molecule has 1 aliphatic rings. The number of morpholine rings is 1. The second-order valence-corrected chi connectivity index (χ2v) is 5.08. The summed E-state index contributed by atoms with van der Waals surface area (Å²) >= 11 is 0. The lowest BCUT2D eigenvalue weighted by Gasteiger charge is -2.35. The minimum Gasteiger partial charge on any atom is -0.372 e. The fourth-order valence-electron chi connectivity index (χ4n) is 2.41. The number of hydrogen-bond donors (Lipinski definition) is 0. The molecule has 20 heavy (non-hydrogen) atoms. The zero-order chi connectivity index (χ0) is 14.5. The van der Waals surface area contributed by atoms with E-state index in [1.54, 1.807) is 4.90 Å². The zero-order valence-electron chi connectivity index (χ0n) is 11.8. The van der Waals surface area contributed by atoms with E-state index in [0.29, 0.717) is 13.1 Å². The molecule has 0 aromatic heterocycles. The van der Waals surface area contributed by atoms with E-state index in [1.165, 1.54) is 4.90 Å². The number of ether oxygens (including phenoxy) is 1. The summed E-state index contributed by atoms with van der Waals surface area (Å²) in [5, 5.41) is 9.21. The summed E-state index contributed by atoms with van der Waals surface area (Å²) in [6, 6.07) is 9.22. The van der Waals surface area contributed by atoms with Crippen molar-refractivity contribution in [2.75, 3.05) is 24.5 Å². The summed E-state index contributed by atoms with van der Waals surface area (Å²) in [6.45, 7) is 5.14. The molecule has 2 unspecified atom stereocenters. The number of benzene rings is 1. The molecule has 5 nitrogen and oxygen atoms in total. The molecular weight excluding hydrogens is 254 g/mol. The summed E-state index contributed by atoms with van der Waals surface area (Å²) in [4.78, 5) is 15.5. The number of carbonyl (C=O) groups is 1. The number of rotatable bonds is 3. The summed E-state index contributed by atoms with van der Waals surface area (Å²) in [5.74, 6) is -0.0441. The summed E-state index contributed by atoms with van der Waals surface area (Å²) in [6.07, 6.45) is 2.14. The second kappa shape index (κ2) is 6.40. The van der Waals surface area contributed by atoms with Crippen LogP contribution in [0.1, 0.15) is 13.8 Å². The predicted molar refractivity (Wildman–Crippen MR) is 76.0 cm³/mol. The van der Waals surface area contributed by atoms with Crippen LogP contribution in [0, 0.1) is 11.5 Å². The van der Waals surface area contributed by atoms with Crippen LogP contribution in [0.15, 0.2) is 30.3 Å². The molecule has 106 valence electrons. The molecule has 1 aromatic rings. The van der Waals surface area contributed by atoms with E-state index in [4.69, 9.17) is 4.74 Å². The van der Waals surface area contributed by atoms with Crippen molar-refractivity contribution < 1.29 is 9.53 Å². The first kappa shape index (κ1) is 14.4. The minimum atomic E-state index is -0.0441. The van der Waals surface area contributed by atoms with Gasteiger partial charge in [-0.2, -0.15) is 5.26 Å². The molecule has 0 bridgehead atoms. The highest BCUT2D eigenvalue weighted by atomic mass is 16.5. The molecule has 2 atom stereocenters. The molecular formula is C15H19N3O2. The van der Waals surface area contributed by atoms with Gasteiger partial charge in [0.25, 0.3) is 0 Å². The molecule has 1 heterocycles. The third kappa shape index (κ3) is 3.49. The summed E-state index contributed by atoms with van der Waals surface area (Å²) in [7, 11) is 0. The monoisotopic (exact) mass is 273 g/mol. The highest BCUT2D eigenvalue weighted by molar-refractivity contribution is 5.82. The van der Waals surface area contributed by atoms with Gasteiger partial charge < -0.3 is 9.64 Å². The predicted octanol–water partition coefficient (Wildman–Crippen LogP) is 1.61. The van der Waals surface area contributed by atoms with Crippen molar-refractivity contribution in [1.82, 2.24) is 4.90 Å². The van der Waals surface area contributed by atoms with Crippen LogP contribution in [0.4, 0.5) is 5.69 Å². The molecule has 1 fully saturated rings. The summed E-state index contributed by atoms with van der Waals surface area (Å²) in [5.41, 5.74) is 0.734. The Hall–Kier alpha value is -2.06. The maximum atomic E-state index is 12.3. The second-order valence-electron chi connectivity index (χ2n) is 5.08. The van der Waals surface area contributed by atoms with Crippen molar-refractivity contribution in [2.45, 2.75) is 26.1 Å². The third-order valence-electron chi connectivity index (χ3n) is 3.25. The van der Waals surface area contributed by atoms with Crippen LogP contribution in [0.3, 0.4) is 0 Å². The Balaban J connectivity index is 2.01. The van der Waals surface area contributed by atoms with Crippen molar-refractivity contribution in [2.24, 2.45) is 0 Å². The van der Waals surface area contributed by atoms with E-state index >= 15 is 0 Å². The van der Waals surface area contributed by atoms with E-state index in [9.17, 15) is 10.1 Å². The van der Waals surface area contributed by atoms with Gasteiger partial charge in [0.2, 0.25) is 5.91 Å². The Morgan fingerprint density at radius 1 is 1.35 bits per heavy atom. The topological polar surface area (TPSA) is 56.6 Å². The molecule has 1 aromatic carbocycles. The van der Waals surface area contributed by atoms with Crippen LogP contribution >= 0.6 is 0 Å². The number of para-hydroxylation sites is 1. The number of nitriles is 1. The largest absolute Gasteiger partial charge is 0.372 e. The number of carbonyl (C=O) groups excluding carboxylic acids is 1. The number of anilines is 1. The SMILES string of the molecule is CC1CN(C(=O)CN(C#N)c2ccccc2)CC(C)O1. The van der Waals surface area contributed by atoms with Crippen molar-refractivity contribution in [3.8, 4) is 6.19 Å². The van der Waals surface area contributed by atoms with Crippen LogP contribution in [0.5, 0.6) is 0 Å². The van der Waals surface area contributed by atoms with Gasteiger partial charge in [-0.05, 0) is 26.0 Å². The van der Waals surface area contributed by atoms with Gasteiger partial charge in [-0.3, -0.25) is 9.69 Å². The number of nitrogens with zero attached hydrogens (tertiary/aromatic N) is 3. The highest BCUT2D eigenvalue weighted by Gasteiger charge is 2.26. The van der Waals surface area contributed by atoms with Gasteiger partial charge in [-0.15, -0.1) is 0 Å². The normalized spacial score (nSPS) is 22.1. The molecule has 1 aliphatic heterocycles. The van der Waals surface area contributed by atoms with Gasteiger partial charge in [0.1, 0.15) is 6.54 Å². The van der Waals surface area contributed by atoms with Gasteiger partial charge in [-0.1, -0.05) is 18.2 Å². The van der Waals surface area contributed by atoms with E-state index in [-0.39, 0.29) is 24.7 Å². The van der Waals surface area contributed by atoms with E-state index in [0.717, 1.165) is 5.69 Å².